The zero-order valence-corrected chi connectivity index (χ0v) is 20.8. The summed E-state index contributed by atoms with van der Waals surface area (Å²) in [6, 6.07) is 24.5. The first kappa shape index (κ1) is 23.4. The number of para-hydroxylation sites is 2. The van der Waals surface area contributed by atoms with E-state index in [-0.39, 0.29) is 12.0 Å². The van der Waals surface area contributed by atoms with Gasteiger partial charge in [0.15, 0.2) is 12.1 Å². The number of carbonyl (C=O) groups excluding carboxylic acids is 2. The van der Waals surface area contributed by atoms with Gasteiger partial charge in [0.2, 0.25) is 0 Å². The van der Waals surface area contributed by atoms with Crippen LogP contribution in [-0.2, 0) is 30.1 Å². The second-order valence-corrected chi connectivity index (χ2v) is 9.47. The summed E-state index contributed by atoms with van der Waals surface area (Å²) >= 11 is 0. The molecule has 1 unspecified atom stereocenters. The van der Waals surface area contributed by atoms with Crippen LogP contribution in [0.3, 0.4) is 0 Å². The van der Waals surface area contributed by atoms with Gasteiger partial charge in [-0.3, -0.25) is 23.5 Å². The summed E-state index contributed by atoms with van der Waals surface area (Å²) in [6.07, 6.45) is 0.328. The summed E-state index contributed by atoms with van der Waals surface area (Å²) in [6.45, 7) is 0. The second-order valence-electron chi connectivity index (χ2n) is 9.47. The normalized spacial score (nSPS) is 14.0. The van der Waals surface area contributed by atoms with Crippen LogP contribution in [0, 0.1) is 0 Å². The number of aldehydes is 1. The van der Waals surface area contributed by atoms with E-state index in [2.05, 4.69) is 9.88 Å². The SMILES string of the molecule is Cn1c(=O)c2c(-c3ccccc3)n3c(c2n(C)c1=O)C(c1cccc(CC(=O)C=O)c1)Nc1ccccc1-3. The third-order valence-electron chi connectivity index (χ3n) is 7.17. The summed E-state index contributed by atoms with van der Waals surface area (Å²) in [7, 11) is 3.17. The molecular weight excluding hydrogens is 480 g/mol. The summed E-state index contributed by atoms with van der Waals surface area (Å²) in [5.74, 6) is -0.504. The van der Waals surface area contributed by atoms with Gasteiger partial charge in [-0.15, -0.1) is 0 Å². The van der Waals surface area contributed by atoms with E-state index in [1.807, 2.05) is 72.8 Å². The lowest BCUT2D eigenvalue weighted by Crippen LogP contribution is -2.37. The first-order valence-corrected chi connectivity index (χ1v) is 12.2. The van der Waals surface area contributed by atoms with Gasteiger partial charge >= 0.3 is 5.69 Å². The molecule has 1 aliphatic heterocycles. The van der Waals surface area contributed by atoms with Crippen LogP contribution in [0.25, 0.3) is 27.8 Å². The fourth-order valence-corrected chi connectivity index (χ4v) is 5.46. The zero-order chi connectivity index (χ0) is 26.6. The van der Waals surface area contributed by atoms with Crippen molar-refractivity contribution in [2.45, 2.75) is 12.5 Å². The van der Waals surface area contributed by atoms with Gasteiger partial charge in [0.05, 0.1) is 39.7 Å². The standard InChI is InChI=1S/C30H24N4O4/c1-32-27-24(29(37)33(2)30(32)38)26(19-10-4-3-5-11-19)34-23-14-7-6-13-22(23)31-25(28(27)34)20-12-8-9-18(15-20)16-21(36)17-35/h3-15,17,25,31H,16H2,1-2H3. The van der Waals surface area contributed by atoms with E-state index in [9.17, 15) is 19.2 Å². The van der Waals surface area contributed by atoms with Gasteiger partial charge < -0.3 is 9.88 Å². The number of nitrogens with one attached hydrogen (secondary N) is 1. The molecule has 3 aromatic carbocycles. The molecule has 2 aromatic heterocycles. The van der Waals surface area contributed by atoms with Gasteiger partial charge in [-0.2, -0.15) is 0 Å². The Labute approximate surface area is 217 Å². The highest BCUT2D eigenvalue weighted by molar-refractivity contribution is 6.25. The molecule has 38 heavy (non-hydrogen) atoms. The maximum absolute atomic E-state index is 13.7. The van der Waals surface area contributed by atoms with Crippen molar-refractivity contribution in [2.24, 2.45) is 14.1 Å². The average Bonchev–Trinajstić information content (AvgIpc) is 3.31. The molecule has 8 nitrogen and oxygen atoms in total. The molecule has 1 N–H and O–H groups in total. The predicted octanol–water partition coefficient (Wildman–Crippen LogP) is 3.52. The highest BCUT2D eigenvalue weighted by atomic mass is 16.2. The maximum Gasteiger partial charge on any atom is 0.331 e. The van der Waals surface area contributed by atoms with Crippen LogP contribution in [0.5, 0.6) is 0 Å². The molecule has 1 atom stereocenters. The number of ketones is 1. The van der Waals surface area contributed by atoms with Crippen molar-refractivity contribution < 1.29 is 9.59 Å². The van der Waals surface area contributed by atoms with Crippen LogP contribution in [0.2, 0.25) is 0 Å². The van der Waals surface area contributed by atoms with Crippen molar-refractivity contribution in [3.63, 3.8) is 0 Å². The van der Waals surface area contributed by atoms with E-state index in [1.165, 1.54) is 11.6 Å². The highest BCUT2D eigenvalue weighted by Crippen LogP contribution is 2.45. The van der Waals surface area contributed by atoms with Crippen LogP contribution >= 0.6 is 0 Å². The lowest BCUT2D eigenvalue weighted by Gasteiger charge is -2.31. The smallest absolute Gasteiger partial charge is 0.331 e. The molecule has 0 aliphatic carbocycles. The lowest BCUT2D eigenvalue weighted by molar-refractivity contribution is -0.129. The van der Waals surface area contributed by atoms with E-state index in [1.54, 1.807) is 13.1 Å². The topological polar surface area (TPSA) is 95.1 Å². The van der Waals surface area contributed by atoms with Crippen LogP contribution in [0.4, 0.5) is 5.69 Å². The Morgan fingerprint density at radius 2 is 1.66 bits per heavy atom. The Balaban J connectivity index is 1.76. The molecule has 3 heterocycles. The van der Waals surface area contributed by atoms with Gasteiger partial charge in [-0.25, -0.2) is 4.79 Å². The molecule has 8 heteroatoms. The van der Waals surface area contributed by atoms with Gasteiger partial charge in [0, 0.05) is 20.5 Å². The fraction of sp³-hybridized carbons (Fsp3) is 0.133. The largest absolute Gasteiger partial charge is 0.371 e. The number of aryl methyl sites for hydroxylation is 1. The molecule has 5 aromatic rings. The van der Waals surface area contributed by atoms with Gasteiger partial charge in [0.25, 0.3) is 5.56 Å². The molecular formula is C30H24N4O4. The van der Waals surface area contributed by atoms with Crippen molar-refractivity contribution in [2.75, 3.05) is 5.32 Å². The van der Waals surface area contributed by atoms with E-state index in [4.69, 9.17) is 0 Å². The first-order chi connectivity index (χ1) is 18.4. The van der Waals surface area contributed by atoms with Gasteiger partial charge in [-0.1, -0.05) is 66.7 Å². The number of nitrogens with zero attached hydrogens (tertiary/aromatic N) is 3. The summed E-state index contributed by atoms with van der Waals surface area (Å²) < 4.78 is 4.73. The Kier molecular flexibility index (Phi) is 5.45. The van der Waals surface area contributed by atoms with E-state index in [0.29, 0.717) is 28.4 Å². The van der Waals surface area contributed by atoms with Gasteiger partial charge in [-0.05, 0) is 28.8 Å². The Bertz CT molecular complexity index is 1880. The van der Waals surface area contributed by atoms with E-state index in [0.717, 1.165) is 32.8 Å². The Morgan fingerprint density at radius 3 is 2.42 bits per heavy atom. The quantitative estimate of drug-likeness (QED) is 0.292. The van der Waals surface area contributed by atoms with Crippen LogP contribution in [0.15, 0.2) is 88.5 Å². The highest BCUT2D eigenvalue weighted by Gasteiger charge is 2.34. The minimum absolute atomic E-state index is 0.00327. The molecule has 0 fully saturated rings. The molecule has 0 saturated carbocycles. The predicted molar refractivity (Wildman–Crippen MR) is 146 cm³/mol. The first-order valence-electron chi connectivity index (χ1n) is 12.2. The number of hydrogen-bond acceptors (Lipinski definition) is 5. The number of benzene rings is 3. The number of aromatic nitrogens is 3. The number of fused-ring (bicyclic) bond motifs is 5. The van der Waals surface area contributed by atoms with E-state index >= 15 is 0 Å². The fourth-order valence-electron chi connectivity index (χ4n) is 5.46. The van der Waals surface area contributed by atoms with Crippen molar-refractivity contribution in [3.8, 4) is 16.9 Å². The summed E-state index contributed by atoms with van der Waals surface area (Å²) in [5, 5.41) is 4.05. The number of anilines is 1. The third-order valence-corrected chi connectivity index (χ3v) is 7.17. The Hall–Kier alpha value is -4.98. The van der Waals surface area contributed by atoms with Crippen molar-refractivity contribution in [1.29, 1.82) is 0 Å². The van der Waals surface area contributed by atoms with Crippen LogP contribution in [-0.4, -0.2) is 25.8 Å². The van der Waals surface area contributed by atoms with E-state index < -0.39 is 17.5 Å². The molecule has 0 radical (unpaired) electrons. The molecule has 0 saturated heterocycles. The van der Waals surface area contributed by atoms with Crippen molar-refractivity contribution >= 4 is 28.7 Å². The number of rotatable bonds is 5. The van der Waals surface area contributed by atoms with Crippen molar-refractivity contribution in [1.82, 2.24) is 13.7 Å². The monoisotopic (exact) mass is 504 g/mol. The summed E-state index contributed by atoms with van der Waals surface area (Å²) in [4.78, 5) is 49.7. The third kappa shape index (κ3) is 3.45. The molecule has 0 bridgehead atoms. The van der Waals surface area contributed by atoms with Crippen molar-refractivity contribution in [3.05, 3.63) is 117 Å². The average molecular weight is 505 g/mol. The Morgan fingerprint density at radius 1 is 0.921 bits per heavy atom. The van der Waals surface area contributed by atoms with Crippen LogP contribution < -0.4 is 16.6 Å². The zero-order valence-electron chi connectivity index (χ0n) is 20.8. The number of hydrogen-bond donors (Lipinski definition) is 1. The second kappa shape index (κ2) is 8.85. The number of carbonyl (C=O) groups is 2. The molecule has 6 rings (SSSR count). The summed E-state index contributed by atoms with van der Waals surface area (Å²) in [5.41, 5.74) is 5.31. The molecule has 0 amide bonds. The molecule has 188 valence electrons. The maximum atomic E-state index is 13.7. The molecule has 1 aliphatic rings. The minimum Gasteiger partial charge on any atom is -0.371 e. The molecule has 0 spiro atoms. The number of Topliss-reactive ketones (excluding diaryl/α,β-unsaturated/α-hetero) is 1. The van der Waals surface area contributed by atoms with Crippen LogP contribution in [0.1, 0.15) is 22.9 Å². The van der Waals surface area contributed by atoms with Gasteiger partial charge in [0.1, 0.15) is 0 Å². The lowest BCUT2D eigenvalue weighted by atomic mass is 9.96. The minimum atomic E-state index is -0.504.